The van der Waals surface area contributed by atoms with E-state index in [9.17, 15) is 82.7 Å². The first-order chi connectivity index (χ1) is 33.6. The van der Waals surface area contributed by atoms with Crippen LogP contribution in [0.4, 0.5) is 45.5 Å². The van der Waals surface area contributed by atoms with E-state index in [2.05, 4.69) is 30.7 Å². The van der Waals surface area contributed by atoms with E-state index in [1.165, 1.54) is 0 Å². The molecule has 6 aromatic rings. The quantitative estimate of drug-likeness (QED) is 0.0219. The van der Waals surface area contributed by atoms with Crippen molar-refractivity contribution in [2.24, 2.45) is 30.7 Å². The molecule has 0 spiro atoms. The van der Waals surface area contributed by atoms with Gasteiger partial charge >= 0.3 is 123 Å². The van der Waals surface area contributed by atoms with Gasteiger partial charge in [-0.1, -0.05) is 35.1 Å². The van der Waals surface area contributed by atoms with Crippen LogP contribution in [0.5, 0.6) is 34.5 Å². The molecule has 395 valence electrons. The summed E-state index contributed by atoms with van der Waals surface area (Å²) in [5, 5.41) is 99.7. The molecule has 0 fully saturated rings. The van der Waals surface area contributed by atoms with Crippen molar-refractivity contribution in [3.05, 3.63) is 119 Å². The van der Waals surface area contributed by atoms with Crippen molar-refractivity contribution in [2.75, 3.05) is 14.2 Å². The summed E-state index contributed by atoms with van der Waals surface area (Å²) in [6, 6.07) is 11.9. The van der Waals surface area contributed by atoms with Crippen LogP contribution < -0.4 is 119 Å². The van der Waals surface area contributed by atoms with Crippen LogP contribution in [-0.4, -0.2) is 105 Å². The summed E-state index contributed by atoms with van der Waals surface area (Å²) in [6.45, 7) is 0. The number of benzene rings is 6. The average Bonchev–Trinajstić information content (AvgIpc) is 3.29. The predicted octanol–water partition coefficient (Wildman–Crippen LogP) is -4.91. The van der Waals surface area contributed by atoms with Gasteiger partial charge in [-0.2, -0.15) is 20.5 Å². The molecule has 0 amide bonds. The second-order valence-corrected chi connectivity index (χ2v) is 19.5. The SMILES string of the molecule is COc1cc(N=Nc2cc(S(=O)(=O)[O-])ccc2[O-])c([O-])cc1N=[N+]([O-])c1cc(S(=O)(=O)[O-])ccc1/C=C/c1ccc(S(=O)(=O)[O-])cc1[N+]([O-])=Nc1cc([O-])c(N=Nc2cc(S(=O)(=O)[O-])ccc2[O-])cc1OC.[Cu+2].[Cu+2].[Na+].[Na+].[Na+].[Na]. The molecule has 28 nitrogen and oxygen atoms in total. The van der Waals surface area contributed by atoms with Crippen LogP contribution in [0.15, 0.2) is 147 Å². The molecule has 0 saturated heterocycles. The molecule has 6 rings (SSSR count). The van der Waals surface area contributed by atoms with Crippen molar-refractivity contribution in [3.63, 3.8) is 0 Å². The summed E-state index contributed by atoms with van der Waals surface area (Å²) >= 11 is 0. The Labute approximate surface area is 552 Å². The van der Waals surface area contributed by atoms with Crippen molar-refractivity contribution in [1.82, 2.24) is 0 Å². The fourth-order valence-electron chi connectivity index (χ4n) is 5.85. The number of nitrogens with zero attached hydrogens (tertiary/aromatic N) is 8. The van der Waals surface area contributed by atoms with Crippen LogP contribution in [0.25, 0.3) is 12.2 Å². The zero-order valence-electron chi connectivity index (χ0n) is 40.4. The molecule has 0 unspecified atom stereocenters. The summed E-state index contributed by atoms with van der Waals surface area (Å²) in [5.74, 6) is -4.57. The fraction of sp³-hybridized carbons (Fsp3) is 0.0500. The van der Waals surface area contributed by atoms with Crippen LogP contribution in [-0.2, 0) is 74.6 Å². The van der Waals surface area contributed by atoms with E-state index in [1.54, 1.807) is 0 Å². The molecule has 0 atom stereocenters. The van der Waals surface area contributed by atoms with Gasteiger partial charge in [-0.25, -0.2) is 33.7 Å². The van der Waals surface area contributed by atoms with E-state index in [1.807, 2.05) is 0 Å². The molecule has 6 aromatic carbocycles. The first-order valence-corrected chi connectivity index (χ1v) is 24.6. The molecule has 0 aliphatic heterocycles. The normalized spacial score (nSPS) is 12.1. The van der Waals surface area contributed by atoms with Gasteiger partial charge in [-0.3, -0.25) is 0 Å². The molecule has 0 aliphatic rings. The second-order valence-electron chi connectivity index (χ2n) is 14.0. The third-order valence-electron chi connectivity index (χ3n) is 9.32. The number of hydrogen-bond donors (Lipinski definition) is 0. The van der Waals surface area contributed by atoms with Gasteiger partial charge in [0.2, 0.25) is 0 Å². The smallest absolute Gasteiger partial charge is 0.871 e. The van der Waals surface area contributed by atoms with Crippen LogP contribution in [0.3, 0.4) is 0 Å². The van der Waals surface area contributed by atoms with Crippen molar-refractivity contribution in [1.29, 1.82) is 0 Å². The van der Waals surface area contributed by atoms with Gasteiger partial charge in [0.1, 0.15) is 40.5 Å². The molecular formula is C40H24Cu2N8Na4O20S4-. The van der Waals surface area contributed by atoms with Gasteiger partial charge in [-0.05, 0) is 82.5 Å². The van der Waals surface area contributed by atoms with Crippen molar-refractivity contribution >= 4 is 128 Å². The summed E-state index contributed by atoms with van der Waals surface area (Å²) < 4.78 is 151. The Morgan fingerprint density at radius 3 is 0.962 bits per heavy atom. The molecule has 38 heteroatoms. The van der Waals surface area contributed by atoms with Crippen molar-refractivity contribution in [3.8, 4) is 34.5 Å². The largest absolute Gasteiger partial charge is 2.00 e. The first kappa shape index (κ1) is 74.5. The number of ether oxygens (including phenoxy) is 2. The van der Waals surface area contributed by atoms with E-state index in [-0.39, 0.29) is 185 Å². The van der Waals surface area contributed by atoms with Crippen molar-refractivity contribution in [2.45, 2.75) is 19.6 Å². The maximum absolute atomic E-state index is 13.7. The summed E-state index contributed by atoms with van der Waals surface area (Å²) in [5.41, 5.74) is -5.49. The van der Waals surface area contributed by atoms with Gasteiger partial charge in [0.05, 0.1) is 67.7 Å². The second kappa shape index (κ2) is 30.6. The van der Waals surface area contributed by atoms with E-state index in [0.717, 1.165) is 87.0 Å². The van der Waals surface area contributed by atoms with E-state index >= 15 is 0 Å². The van der Waals surface area contributed by atoms with Crippen molar-refractivity contribution < 1.29 is 214 Å². The predicted molar refractivity (Wildman–Crippen MR) is 235 cm³/mol. The monoisotopic (exact) mass is 1280 g/mol. The third-order valence-corrected chi connectivity index (χ3v) is 12.6. The summed E-state index contributed by atoms with van der Waals surface area (Å²) in [7, 11) is -18.5. The van der Waals surface area contributed by atoms with E-state index < -0.39 is 129 Å². The zero-order chi connectivity index (χ0) is 53.1. The van der Waals surface area contributed by atoms with Crippen LogP contribution >= 0.6 is 0 Å². The molecule has 0 heterocycles. The molecule has 0 aromatic heterocycles. The molecule has 0 saturated carbocycles. The minimum Gasteiger partial charge on any atom is -0.871 e. The Kier molecular flexibility index (Phi) is 29.2. The maximum Gasteiger partial charge on any atom is 2.00 e. The molecule has 78 heavy (non-hydrogen) atoms. The minimum absolute atomic E-state index is 0. The number of methoxy groups -OCH3 is 2. The van der Waals surface area contributed by atoms with Crippen LogP contribution in [0, 0.1) is 10.4 Å². The Morgan fingerprint density at radius 2 is 0.679 bits per heavy atom. The van der Waals surface area contributed by atoms with E-state index in [4.69, 9.17) is 9.47 Å². The fourth-order valence-corrected chi connectivity index (χ4v) is 7.81. The zero-order valence-corrected chi connectivity index (χ0v) is 53.5. The average molecular weight is 1280 g/mol. The Hall–Kier alpha value is -3.46. The molecule has 0 aliphatic carbocycles. The Balaban J connectivity index is 0.00000988. The van der Waals surface area contributed by atoms with E-state index in [0.29, 0.717) is 36.4 Å². The van der Waals surface area contributed by atoms with Crippen LogP contribution in [0.1, 0.15) is 11.1 Å². The molecule has 3 radical (unpaired) electrons. The van der Waals surface area contributed by atoms with Crippen LogP contribution in [0.2, 0.25) is 0 Å². The number of hydrogen-bond acceptors (Lipinski definition) is 26. The standard InChI is InChI=1S/C40H32N8O20S4.2Cu.4Na/c1-67-39-19-29(43-41-27-13-23(69(55,56)57)9-11-35(27)49)37(51)17-31(39)45-47(53)33-15-25(71(61,62)63)7-5-21(33)3-4-22-6-8-26(72(64,65)66)16-34(22)48(54)46-32-18-38(52)30(20-40(32)68-2)44-42-28-14-24(70(58,59)60)10-12-36(28)50;;;;;;/h3-20,49-52H,1-2H3,(H,55,56,57)(H,58,59,60)(H,61,62,63)(H,64,65,66);;;;;;/q;2*+2;;3*+1/p-8/b4-3+,43-41?,44-42?,47-45?,48-46?;;;;;;. The van der Waals surface area contributed by atoms with Gasteiger partial charge < -0.3 is 58.5 Å². The van der Waals surface area contributed by atoms with Gasteiger partial charge in [0, 0.05) is 64.1 Å². The number of rotatable bonds is 16. The molecule has 0 bridgehead atoms. The topological polar surface area (TPSA) is 466 Å². The Morgan fingerprint density at radius 1 is 0.410 bits per heavy atom. The van der Waals surface area contributed by atoms with Gasteiger partial charge in [0.25, 0.3) is 11.4 Å². The third kappa shape index (κ3) is 19.1. The van der Waals surface area contributed by atoms with Gasteiger partial charge in [-0.15, -0.1) is 0 Å². The minimum atomic E-state index is -5.27. The summed E-state index contributed by atoms with van der Waals surface area (Å²) in [4.78, 5) is -4.07. The molecular weight excluding hydrogens is 1260 g/mol. The van der Waals surface area contributed by atoms with Gasteiger partial charge in [0.15, 0.2) is 22.9 Å². The summed E-state index contributed by atoms with van der Waals surface area (Å²) in [6.07, 6.45) is 2.05. The molecule has 0 N–H and O–H groups in total. The maximum atomic E-state index is 13.7. The number of azo groups is 4. The Bertz CT molecular complexity index is 3600. The first-order valence-electron chi connectivity index (χ1n) is 19.0.